The van der Waals surface area contributed by atoms with Crippen molar-refractivity contribution in [3.63, 3.8) is 0 Å². The lowest BCUT2D eigenvalue weighted by atomic mass is 10.1. The van der Waals surface area contributed by atoms with Crippen LogP contribution in [0, 0.1) is 0 Å². The Kier molecular flexibility index (Phi) is 5.78. The first-order chi connectivity index (χ1) is 12.6. The van der Waals surface area contributed by atoms with Crippen LogP contribution in [0.15, 0.2) is 35.7 Å². The molecular formula is C19H22N2O4S. The molecule has 2 amide bonds. The minimum atomic E-state index is -0.0881. The van der Waals surface area contributed by atoms with E-state index in [0.717, 1.165) is 4.88 Å². The molecule has 0 aliphatic carbocycles. The van der Waals surface area contributed by atoms with Crippen molar-refractivity contribution in [2.75, 3.05) is 40.4 Å². The molecule has 2 heterocycles. The van der Waals surface area contributed by atoms with Gasteiger partial charge in [-0.2, -0.15) is 0 Å². The second kappa shape index (κ2) is 8.23. The molecule has 6 nitrogen and oxygen atoms in total. The number of methoxy groups -OCH3 is 2. The Labute approximate surface area is 156 Å². The standard InChI is InChI=1S/C19H22N2O4S/c1-24-14-5-6-16(17(12-14)25-2)19(23)21-9-7-20(8-10-21)18(22)13-15-4-3-11-26-15/h3-6,11-12H,7-10,13H2,1-2H3. The number of hydrogen-bond donors (Lipinski definition) is 0. The largest absolute Gasteiger partial charge is 0.497 e. The highest BCUT2D eigenvalue weighted by atomic mass is 32.1. The molecule has 7 heteroatoms. The Morgan fingerprint density at radius 3 is 2.38 bits per heavy atom. The number of thiophene rings is 1. The number of carbonyl (C=O) groups excluding carboxylic acids is 2. The lowest BCUT2D eigenvalue weighted by molar-refractivity contribution is -0.131. The Balaban J connectivity index is 1.61. The van der Waals surface area contributed by atoms with Gasteiger partial charge in [0.1, 0.15) is 11.5 Å². The van der Waals surface area contributed by atoms with Crippen LogP contribution in [0.5, 0.6) is 11.5 Å². The Bertz CT molecular complexity index is 768. The molecule has 0 unspecified atom stereocenters. The average Bonchev–Trinajstić information content (AvgIpc) is 3.20. The SMILES string of the molecule is COc1ccc(C(=O)N2CCN(C(=O)Cc3cccs3)CC2)c(OC)c1. The molecule has 0 N–H and O–H groups in total. The lowest BCUT2D eigenvalue weighted by Crippen LogP contribution is -2.51. The smallest absolute Gasteiger partial charge is 0.257 e. The maximum absolute atomic E-state index is 12.8. The van der Waals surface area contributed by atoms with Crippen LogP contribution in [0.3, 0.4) is 0 Å². The summed E-state index contributed by atoms with van der Waals surface area (Å²) in [6.45, 7) is 2.14. The maximum Gasteiger partial charge on any atom is 0.257 e. The molecule has 1 aliphatic heterocycles. The molecule has 0 saturated carbocycles. The first kappa shape index (κ1) is 18.3. The zero-order valence-electron chi connectivity index (χ0n) is 14.9. The lowest BCUT2D eigenvalue weighted by Gasteiger charge is -2.35. The van der Waals surface area contributed by atoms with Crippen LogP contribution in [0.1, 0.15) is 15.2 Å². The van der Waals surface area contributed by atoms with Gasteiger partial charge in [0, 0.05) is 37.1 Å². The number of amides is 2. The Hall–Kier alpha value is -2.54. The van der Waals surface area contributed by atoms with E-state index in [0.29, 0.717) is 49.7 Å². The fourth-order valence-corrected chi connectivity index (χ4v) is 3.67. The van der Waals surface area contributed by atoms with E-state index in [1.807, 2.05) is 22.4 Å². The van der Waals surface area contributed by atoms with Crippen LogP contribution in [-0.2, 0) is 11.2 Å². The molecule has 1 saturated heterocycles. The molecule has 26 heavy (non-hydrogen) atoms. The summed E-state index contributed by atoms with van der Waals surface area (Å²) in [6.07, 6.45) is 0.428. The summed E-state index contributed by atoms with van der Waals surface area (Å²) in [4.78, 5) is 29.9. The number of benzene rings is 1. The van der Waals surface area contributed by atoms with E-state index in [9.17, 15) is 9.59 Å². The first-order valence-corrected chi connectivity index (χ1v) is 9.32. The van der Waals surface area contributed by atoms with Crippen molar-refractivity contribution < 1.29 is 19.1 Å². The van der Waals surface area contributed by atoms with Gasteiger partial charge in [-0.25, -0.2) is 0 Å². The second-order valence-electron chi connectivity index (χ2n) is 6.00. The minimum Gasteiger partial charge on any atom is -0.497 e. The van der Waals surface area contributed by atoms with Crippen LogP contribution in [0.4, 0.5) is 0 Å². The summed E-state index contributed by atoms with van der Waals surface area (Å²) in [5.41, 5.74) is 0.506. The van der Waals surface area contributed by atoms with Gasteiger partial charge >= 0.3 is 0 Å². The van der Waals surface area contributed by atoms with Crippen molar-refractivity contribution in [1.29, 1.82) is 0 Å². The van der Waals surface area contributed by atoms with Crippen LogP contribution in [0.25, 0.3) is 0 Å². The molecule has 1 fully saturated rings. The molecule has 0 spiro atoms. The maximum atomic E-state index is 12.8. The molecule has 1 aromatic carbocycles. The molecule has 2 aromatic rings. The van der Waals surface area contributed by atoms with Gasteiger partial charge in [-0.15, -0.1) is 11.3 Å². The predicted molar refractivity (Wildman–Crippen MR) is 100 cm³/mol. The number of carbonyl (C=O) groups is 2. The number of rotatable bonds is 5. The normalized spacial score (nSPS) is 14.2. The zero-order valence-corrected chi connectivity index (χ0v) is 15.8. The molecular weight excluding hydrogens is 352 g/mol. The molecule has 0 bridgehead atoms. The first-order valence-electron chi connectivity index (χ1n) is 8.44. The van der Waals surface area contributed by atoms with Crippen molar-refractivity contribution in [1.82, 2.24) is 9.80 Å². The summed E-state index contributed by atoms with van der Waals surface area (Å²) >= 11 is 1.59. The van der Waals surface area contributed by atoms with Gasteiger partial charge in [0.15, 0.2) is 0 Å². The fourth-order valence-electron chi connectivity index (χ4n) is 2.98. The Morgan fingerprint density at radius 1 is 1.04 bits per heavy atom. The summed E-state index contributed by atoms with van der Waals surface area (Å²) < 4.78 is 10.5. The number of nitrogens with zero attached hydrogens (tertiary/aromatic N) is 2. The van der Waals surface area contributed by atoms with Crippen molar-refractivity contribution in [2.45, 2.75) is 6.42 Å². The van der Waals surface area contributed by atoms with Crippen LogP contribution in [0.2, 0.25) is 0 Å². The van der Waals surface area contributed by atoms with E-state index in [-0.39, 0.29) is 11.8 Å². The van der Waals surface area contributed by atoms with Crippen LogP contribution in [-0.4, -0.2) is 62.0 Å². The third-order valence-corrected chi connectivity index (χ3v) is 5.34. The van der Waals surface area contributed by atoms with E-state index in [1.165, 1.54) is 7.11 Å². The highest BCUT2D eigenvalue weighted by Gasteiger charge is 2.26. The molecule has 1 aliphatic rings. The minimum absolute atomic E-state index is 0.0881. The van der Waals surface area contributed by atoms with Crippen molar-refractivity contribution in [2.24, 2.45) is 0 Å². The van der Waals surface area contributed by atoms with Crippen molar-refractivity contribution >= 4 is 23.2 Å². The third kappa shape index (κ3) is 3.99. The summed E-state index contributed by atoms with van der Waals surface area (Å²) in [5.74, 6) is 1.16. The Morgan fingerprint density at radius 2 is 1.77 bits per heavy atom. The van der Waals surface area contributed by atoms with Crippen LogP contribution < -0.4 is 9.47 Å². The van der Waals surface area contributed by atoms with E-state index in [2.05, 4.69) is 0 Å². The summed E-state index contributed by atoms with van der Waals surface area (Å²) in [6, 6.07) is 9.09. The quantitative estimate of drug-likeness (QED) is 0.806. The second-order valence-corrected chi connectivity index (χ2v) is 7.03. The highest BCUT2D eigenvalue weighted by molar-refractivity contribution is 7.10. The zero-order chi connectivity index (χ0) is 18.5. The van der Waals surface area contributed by atoms with Crippen molar-refractivity contribution in [3.05, 3.63) is 46.2 Å². The topological polar surface area (TPSA) is 59.1 Å². The molecule has 1 aromatic heterocycles. The molecule has 0 atom stereocenters. The predicted octanol–water partition coefficient (Wildman–Crippen LogP) is 2.29. The van der Waals surface area contributed by atoms with Gasteiger partial charge in [-0.05, 0) is 23.6 Å². The number of ether oxygens (including phenoxy) is 2. The van der Waals surface area contributed by atoms with Gasteiger partial charge in [-0.3, -0.25) is 9.59 Å². The van der Waals surface area contributed by atoms with Gasteiger partial charge in [0.2, 0.25) is 5.91 Å². The third-order valence-electron chi connectivity index (χ3n) is 4.46. The van der Waals surface area contributed by atoms with E-state index in [1.54, 1.807) is 41.5 Å². The van der Waals surface area contributed by atoms with E-state index < -0.39 is 0 Å². The highest BCUT2D eigenvalue weighted by Crippen LogP contribution is 2.26. The summed E-state index contributed by atoms with van der Waals surface area (Å²) in [7, 11) is 3.11. The molecule has 3 rings (SSSR count). The van der Waals surface area contributed by atoms with Crippen molar-refractivity contribution in [3.8, 4) is 11.5 Å². The fraction of sp³-hybridized carbons (Fsp3) is 0.368. The van der Waals surface area contributed by atoms with Gasteiger partial charge in [-0.1, -0.05) is 6.07 Å². The van der Waals surface area contributed by atoms with Gasteiger partial charge < -0.3 is 19.3 Å². The molecule has 0 radical (unpaired) electrons. The number of piperazine rings is 1. The summed E-state index contributed by atoms with van der Waals surface area (Å²) in [5, 5.41) is 1.97. The molecule has 138 valence electrons. The van der Waals surface area contributed by atoms with Crippen LogP contribution >= 0.6 is 11.3 Å². The van der Waals surface area contributed by atoms with E-state index in [4.69, 9.17) is 9.47 Å². The number of hydrogen-bond acceptors (Lipinski definition) is 5. The van der Waals surface area contributed by atoms with Gasteiger partial charge in [0.25, 0.3) is 5.91 Å². The average molecular weight is 374 g/mol. The van der Waals surface area contributed by atoms with E-state index >= 15 is 0 Å². The van der Waals surface area contributed by atoms with Gasteiger partial charge in [0.05, 0.1) is 26.2 Å². The monoisotopic (exact) mass is 374 g/mol.